The summed E-state index contributed by atoms with van der Waals surface area (Å²) in [5.41, 5.74) is 3.55. The summed E-state index contributed by atoms with van der Waals surface area (Å²) in [5.74, 6) is 1.04. The number of nitrogens with zero attached hydrogens (tertiary/aromatic N) is 2. The number of anilines is 1. The Kier molecular flexibility index (Phi) is 5.41. The largest absolute Gasteiger partial charge is 0.493 e. The van der Waals surface area contributed by atoms with Crippen molar-refractivity contribution in [1.29, 1.82) is 0 Å². The third kappa shape index (κ3) is 3.91. The molecule has 0 spiro atoms. The molecule has 1 unspecified atom stereocenters. The van der Waals surface area contributed by atoms with Crippen LogP contribution in [-0.4, -0.2) is 24.0 Å². The zero-order valence-electron chi connectivity index (χ0n) is 16.3. The summed E-state index contributed by atoms with van der Waals surface area (Å²) < 4.78 is 11.4. The number of fused-ring (bicyclic) bond motifs is 1. The number of benzene rings is 2. The van der Waals surface area contributed by atoms with Crippen LogP contribution in [0, 0.1) is 0 Å². The van der Waals surface area contributed by atoms with Gasteiger partial charge in [0.15, 0.2) is 11.5 Å². The molecule has 1 aromatic heterocycles. The quantitative estimate of drug-likeness (QED) is 0.601. The van der Waals surface area contributed by atoms with Crippen LogP contribution in [0.25, 0.3) is 0 Å². The predicted octanol–water partition coefficient (Wildman–Crippen LogP) is 4.91. The summed E-state index contributed by atoms with van der Waals surface area (Å²) in [4.78, 5) is 19.2. The highest BCUT2D eigenvalue weighted by Gasteiger charge is 2.31. The van der Waals surface area contributed by atoms with Crippen LogP contribution in [0.1, 0.15) is 28.4 Å². The Hall–Kier alpha value is -3.05. The van der Waals surface area contributed by atoms with Gasteiger partial charge in [-0.15, -0.1) is 0 Å². The van der Waals surface area contributed by atoms with Gasteiger partial charge in [-0.05, 0) is 60.9 Å². The van der Waals surface area contributed by atoms with Crippen molar-refractivity contribution in [2.24, 2.45) is 0 Å². The fraction of sp³-hybridized carbons (Fsp3) is 0.217. The molecular weight excluding hydrogens is 388 g/mol. The molecule has 0 fully saturated rings. The second-order valence-electron chi connectivity index (χ2n) is 7.01. The van der Waals surface area contributed by atoms with Gasteiger partial charge in [0.25, 0.3) is 5.91 Å². The number of carbonyl (C=O) groups is 1. The number of methoxy groups -OCH3 is 1. The first-order chi connectivity index (χ1) is 14.1. The van der Waals surface area contributed by atoms with E-state index >= 15 is 0 Å². The van der Waals surface area contributed by atoms with Gasteiger partial charge in [-0.3, -0.25) is 9.78 Å². The maximum atomic E-state index is 13.2. The summed E-state index contributed by atoms with van der Waals surface area (Å²) in [5, 5.41) is 0.683. The Morgan fingerprint density at radius 3 is 2.72 bits per heavy atom. The lowest BCUT2D eigenvalue weighted by molar-refractivity contribution is 0.0981. The lowest BCUT2D eigenvalue weighted by Gasteiger charge is -2.23. The minimum Gasteiger partial charge on any atom is -0.493 e. The molecule has 148 valence electrons. The first-order valence-corrected chi connectivity index (χ1v) is 9.76. The van der Waals surface area contributed by atoms with Gasteiger partial charge >= 0.3 is 0 Å². The number of hydrogen-bond acceptors (Lipinski definition) is 4. The Morgan fingerprint density at radius 1 is 1.17 bits per heavy atom. The SMILES string of the molecule is COc1cc(C(=O)N2c3ccncc3CC2C)ccc1OCc1ccc(Cl)cc1. The van der Waals surface area contributed by atoms with Gasteiger partial charge < -0.3 is 14.4 Å². The second-order valence-corrected chi connectivity index (χ2v) is 7.45. The van der Waals surface area contributed by atoms with Crippen LogP contribution < -0.4 is 14.4 Å². The van der Waals surface area contributed by atoms with Crippen LogP contribution in [-0.2, 0) is 13.0 Å². The molecule has 0 N–H and O–H groups in total. The van der Waals surface area contributed by atoms with E-state index in [4.69, 9.17) is 21.1 Å². The monoisotopic (exact) mass is 408 g/mol. The highest BCUT2D eigenvalue weighted by molar-refractivity contribution is 6.30. The number of carbonyl (C=O) groups excluding carboxylic acids is 1. The fourth-order valence-electron chi connectivity index (χ4n) is 3.57. The van der Waals surface area contributed by atoms with Crippen molar-refractivity contribution in [2.75, 3.05) is 12.0 Å². The minimum atomic E-state index is -0.0648. The molecule has 1 aliphatic rings. The van der Waals surface area contributed by atoms with E-state index in [2.05, 4.69) is 4.98 Å². The third-order valence-corrected chi connectivity index (χ3v) is 5.28. The summed E-state index contributed by atoms with van der Waals surface area (Å²) in [6, 6.07) is 14.7. The van der Waals surface area contributed by atoms with Crippen molar-refractivity contribution in [2.45, 2.75) is 26.0 Å². The normalized spacial score (nSPS) is 15.1. The molecular formula is C23H21ClN2O3. The van der Waals surface area contributed by atoms with E-state index in [1.54, 1.807) is 31.5 Å². The molecule has 29 heavy (non-hydrogen) atoms. The molecule has 2 heterocycles. The highest BCUT2D eigenvalue weighted by Crippen LogP contribution is 2.34. The van der Waals surface area contributed by atoms with Crippen LogP contribution in [0.4, 0.5) is 5.69 Å². The number of rotatable bonds is 5. The Balaban J connectivity index is 1.55. The molecule has 1 amide bonds. The number of pyridine rings is 1. The molecule has 1 aliphatic heterocycles. The van der Waals surface area contributed by atoms with Gasteiger partial charge in [0.05, 0.1) is 12.8 Å². The van der Waals surface area contributed by atoms with E-state index < -0.39 is 0 Å². The van der Waals surface area contributed by atoms with Crippen molar-refractivity contribution in [3.63, 3.8) is 0 Å². The van der Waals surface area contributed by atoms with Crippen LogP contribution in [0.5, 0.6) is 11.5 Å². The molecule has 5 nitrogen and oxygen atoms in total. The average Bonchev–Trinajstić information content (AvgIpc) is 3.08. The lowest BCUT2D eigenvalue weighted by atomic mass is 10.1. The molecule has 0 bridgehead atoms. The molecule has 6 heteroatoms. The first-order valence-electron chi connectivity index (χ1n) is 9.38. The van der Waals surface area contributed by atoms with Crippen LogP contribution in [0.15, 0.2) is 60.9 Å². The van der Waals surface area contributed by atoms with Crippen molar-refractivity contribution in [1.82, 2.24) is 4.98 Å². The smallest absolute Gasteiger partial charge is 0.258 e. The molecule has 0 saturated heterocycles. The standard InChI is InChI=1S/C23H21ClN2O3/c1-15-11-18-13-25-10-9-20(18)26(15)23(27)17-5-8-21(22(12-17)28-2)29-14-16-3-6-19(24)7-4-16/h3-10,12-13,15H,11,14H2,1-2H3. The number of amides is 1. The Bertz CT molecular complexity index is 1040. The van der Waals surface area contributed by atoms with Gasteiger partial charge in [0.1, 0.15) is 6.61 Å². The van der Waals surface area contributed by atoms with Gasteiger partial charge in [-0.25, -0.2) is 0 Å². The molecule has 0 radical (unpaired) electrons. The summed E-state index contributed by atoms with van der Waals surface area (Å²) in [7, 11) is 1.57. The molecule has 1 atom stereocenters. The zero-order valence-corrected chi connectivity index (χ0v) is 17.0. The second kappa shape index (κ2) is 8.13. The fourth-order valence-corrected chi connectivity index (χ4v) is 3.70. The van der Waals surface area contributed by atoms with Gasteiger partial charge in [-0.2, -0.15) is 0 Å². The van der Waals surface area contributed by atoms with Crippen molar-refractivity contribution in [3.05, 3.63) is 82.6 Å². The Labute approximate surface area is 174 Å². The third-order valence-electron chi connectivity index (χ3n) is 5.03. The van der Waals surface area contributed by atoms with E-state index in [-0.39, 0.29) is 11.9 Å². The lowest BCUT2D eigenvalue weighted by Crippen LogP contribution is -2.35. The highest BCUT2D eigenvalue weighted by atomic mass is 35.5. The van der Waals surface area contributed by atoms with Gasteiger partial charge in [0.2, 0.25) is 0 Å². The number of ether oxygens (including phenoxy) is 2. The van der Waals surface area contributed by atoms with Gasteiger partial charge in [-0.1, -0.05) is 23.7 Å². The molecule has 0 aliphatic carbocycles. The first kappa shape index (κ1) is 19.3. The topological polar surface area (TPSA) is 51.7 Å². The molecule has 2 aromatic carbocycles. The van der Waals surface area contributed by atoms with Crippen LogP contribution in [0.3, 0.4) is 0 Å². The molecule has 4 rings (SSSR count). The molecule has 3 aromatic rings. The van der Waals surface area contributed by atoms with E-state index in [1.165, 1.54) is 0 Å². The Morgan fingerprint density at radius 2 is 1.97 bits per heavy atom. The number of halogens is 1. The predicted molar refractivity (Wildman–Crippen MR) is 113 cm³/mol. The zero-order chi connectivity index (χ0) is 20.4. The van der Waals surface area contributed by atoms with E-state index in [9.17, 15) is 4.79 Å². The van der Waals surface area contributed by atoms with Crippen molar-refractivity contribution >= 4 is 23.2 Å². The van der Waals surface area contributed by atoms with Crippen molar-refractivity contribution < 1.29 is 14.3 Å². The number of hydrogen-bond donors (Lipinski definition) is 0. The van der Waals surface area contributed by atoms with Crippen LogP contribution >= 0.6 is 11.6 Å². The molecule has 0 saturated carbocycles. The maximum Gasteiger partial charge on any atom is 0.258 e. The number of aromatic nitrogens is 1. The van der Waals surface area contributed by atoms with E-state index in [1.807, 2.05) is 48.4 Å². The maximum absolute atomic E-state index is 13.2. The average molecular weight is 409 g/mol. The van der Waals surface area contributed by atoms with E-state index in [0.717, 1.165) is 23.2 Å². The summed E-state index contributed by atoms with van der Waals surface area (Å²) >= 11 is 5.92. The van der Waals surface area contributed by atoms with Crippen LogP contribution in [0.2, 0.25) is 5.02 Å². The van der Waals surface area contributed by atoms with E-state index in [0.29, 0.717) is 28.7 Å². The minimum absolute atomic E-state index is 0.0648. The summed E-state index contributed by atoms with van der Waals surface area (Å²) in [6.45, 7) is 2.42. The summed E-state index contributed by atoms with van der Waals surface area (Å²) in [6.07, 6.45) is 4.34. The van der Waals surface area contributed by atoms with Gasteiger partial charge in [0, 0.05) is 29.0 Å². The van der Waals surface area contributed by atoms with Crippen molar-refractivity contribution in [3.8, 4) is 11.5 Å².